The van der Waals surface area contributed by atoms with Crippen molar-refractivity contribution < 1.29 is 0 Å². The van der Waals surface area contributed by atoms with Crippen LogP contribution in [0.25, 0.3) is 10.1 Å². The Kier molecular flexibility index (Phi) is 1.46. The van der Waals surface area contributed by atoms with E-state index < -0.39 is 0 Å². The molecule has 1 radical (unpaired) electrons. The number of hydrogen-bond donors (Lipinski definition) is 0. The van der Waals surface area contributed by atoms with Gasteiger partial charge in [-0.15, -0.1) is 11.3 Å². The smallest absolute Gasteiger partial charge is 0.0354 e. The van der Waals surface area contributed by atoms with Gasteiger partial charge in [0.05, 0.1) is 0 Å². The second-order valence-corrected chi connectivity index (χ2v) is 3.99. The molecule has 0 N–H and O–H groups in total. The molecule has 11 heavy (non-hydrogen) atoms. The molecule has 0 amide bonds. The molecular weight excluding hydrogens is 152 g/mol. The molecule has 0 aliphatic heterocycles. The number of hydrogen-bond acceptors (Lipinski definition) is 1. The zero-order chi connectivity index (χ0) is 7.84. The highest BCUT2D eigenvalue weighted by molar-refractivity contribution is 7.18. The molecule has 1 aromatic heterocycles. The van der Waals surface area contributed by atoms with Gasteiger partial charge in [-0.3, -0.25) is 0 Å². The lowest BCUT2D eigenvalue weighted by Crippen LogP contribution is -1.69. The van der Waals surface area contributed by atoms with Gasteiger partial charge in [-0.1, -0.05) is 12.1 Å². The summed E-state index contributed by atoms with van der Waals surface area (Å²) in [7, 11) is 0. The topological polar surface area (TPSA) is 0 Å². The quantitative estimate of drug-likeness (QED) is 0.556. The summed E-state index contributed by atoms with van der Waals surface area (Å²) in [5.74, 6) is 0. The van der Waals surface area contributed by atoms with E-state index in [1.807, 2.05) is 11.3 Å². The van der Waals surface area contributed by atoms with Crippen LogP contribution in [0.15, 0.2) is 18.2 Å². The summed E-state index contributed by atoms with van der Waals surface area (Å²) in [6.45, 7) is 4.23. The molecule has 0 aliphatic carbocycles. The number of fused-ring (bicyclic) bond motifs is 1. The minimum Gasteiger partial charge on any atom is -0.140 e. The predicted octanol–water partition coefficient (Wildman–Crippen LogP) is 3.32. The third-order valence-corrected chi connectivity index (χ3v) is 2.77. The molecule has 55 valence electrons. The molecule has 0 saturated heterocycles. The first-order valence-electron chi connectivity index (χ1n) is 3.65. The first kappa shape index (κ1) is 6.86. The molecule has 2 rings (SSSR count). The van der Waals surface area contributed by atoms with Gasteiger partial charge in [0.2, 0.25) is 0 Å². The molecule has 1 heteroatoms. The molecule has 0 fully saturated rings. The molecular formula is C10H9S. The van der Waals surface area contributed by atoms with Crippen LogP contribution in [0, 0.1) is 19.9 Å². The maximum Gasteiger partial charge on any atom is 0.0354 e. The molecule has 0 aliphatic rings. The Labute approximate surface area is 70.5 Å². The molecule has 0 unspecified atom stereocenters. The van der Waals surface area contributed by atoms with Gasteiger partial charge < -0.3 is 0 Å². The highest BCUT2D eigenvalue weighted by Gasteiger charge is 1.99. The average molecular weight is 161 g/mol. The zero-order valence-corrected chi connectivity index (χ0v) is 7.46. The van der Waals surface area contributed by atoms with Gasteiger partial charge in [-0.05, 0) is 25.5 Å². The predicted molar refractivity (Wildman–Crippen MR) is 50.1 cm³/mol. The Bertz CT molecular complexity index is 385. The van der Waals surface area contributed by atoms with Gasteiger partial charge in [0.25, 0.3) is 0 Å². The Morgan fingerprint density at radius 1 is 1.27 bits per heavy atom. The van der Waals surface area contributed by atoms with E-state index in [1.54, 1.807) is 0 Å². The fraction of sp³-hybridized carbons (Fsp3) is 0.200. The largest absolute Gasteiger partial charge is 0.140 e. The molecule has 1 aromatic carbocycles. The average Bonchev–Trinajstić information content (AvgIpc) is 2.31. The van der Waals surface area contributed by atoms with Crippen molar-refractivity contribution in [2.75, 3.05) is 0 Å². The lowest BCUT2D eigenvalue weighted by atomic mass is 10.1. The first-order valence-corrected chi connectivity index (χ1v) is 4.47. The van der Waals surface area contributed by atoms with E-state index in [1.165, 1.54) is 20.5 Å². The summed E-state index contributed by atoms with van der Waals surface area (Å²) in [6.07, 6.45) is 0. The van der Waals surface area contributed by atoms with Crippen LogP contribution in [0.2, 0.25) is 0 Å². The van der Waals surface area contributed by atoms with Crippen molar-refractivity contribution in [3.8, 4) is 0 Å². The summed E-state index contributed by atoms with van der Waals surface area (Å²) in [4.78, 5) is 1.27. The monoisotopic (exact) mass is 161 g/mol. The Balaban J connectivity index is 2.90. The Morgan fingerprint density at radius 2 is 2.09 bits per heavy atom. The molecule has 1 heterocycles. The maximum absolute atomic E-state index is 3.35. The van der Waals surface area contributed by atoms with Gasteiger partial charge in [0.15, 0.2) is 0 Å². The van der Waals surface area contributed by atoms with Crippen molar-refractivity contribution in [2.24, 2.45) is 0 Å². The van der Waals surface area contributed by atoms with Crippen LogP contribution in [0.1, 0.15) is 10.4 Å². The van der Waals surface area contributed by atoms with Crippen LogP contribution >= 0.6 is 11.3 Å². The zero-order valence-electron chi connectivity index (χ0n) is 6.64. The normalized spacial score (nSPS) is 10.7. The number of aryl methyl sites for hydroxylation is 2. The fourth-order valence-electron chi connectivity index (χ4n) is 1.25. The highest BCUT2D eigenvalue weighted by atomic mass is 32.1. The highest BCUT2D eigenvalue weighted by Crippen LogP contribution is 2.26. The number of thiophene rings is 1. The van der Waals surface area contributed by atoms with Crippen molar-refractivity contribution in [3.05, 3.63) is 34.7 Å². The molecule has 0 spiro atoms. The standard InChI is InChI=1S/C10H9S/c1-7-4-3-5-10-9(7)6-8(2)11-10/h3-5H,1-2H3. The van der Waals surface area contributed by atoms with Crippen LogP contribution in [-0.4, -0.2) is 0 Å². The summed E-state index contributed by atoms with van der Waals surface area (Å²) in [5.41, 5.74) is 1.33. The Morgan fingerprint density at radius 3 is 2.82 bits per heavy atom. The van der Waals surface area contributed by atoms with Crippen molar-refractivity contribution >= 4 is 21.4 Å². The fourth-order valence-corrected chi connectivity index (χ4v) is 2.20. The van der Waals surface area contributed by atoms with Gasteiger partial charge in [-0.2, -0.15) is 0 Å². The molecule has 0 nitrogen and oxygen atoms in total. The molecule has 2 aromatic rings. The van der Waals surface area contributed by atoms with E-state index in [4.69, 9.17) is 0 Å². The first-order chi connectivity index (χ1) is 5.27. The van der Waals surface area contributed by atoms with Crippen molar-refractivity contribution in [1.82, 2.24) is 0 Å². The van der Waals surface area contributed by atoms with Gasteiger partial charge in [-0.25, -0.2) is 0 Å². The minimum atomic E-state index is 1.27. The second kappa shape index (κ2) is 2.35. The Hall–Kier alpha value is -0.820. The van der Waals surface area contributed by atoms with E-state index in [2.05, 4.69) is 38.1 Å². The maximum atomic E-state index is 3.35. The minimum absolute atomic E-state index is 1.27. The van der Waals surface area contributed by atoms with Crippen LogP contribution in [0.4, 0.5) is 0 Å². The lowest BCUT2D eigenvalue weighted by molar-refractivity contribution is 1.53. The van der Waals surface area contributed by atoms with E-state index in [0.29, 0.717) is 0 Å². The van der Waals surface area contributed by atoms with Gasteiger partial charge in [0.1, 0.15) is 0 Å². The summed E-state index contributed by atoms with van der Waals surface area (Å²) < 4.78 is 1.35. The second-order valence-electron chi connectivity index (χ2n) is 2.73. The van der Waals surface area contributed by atoms with Crippen LogP contribution in [0.5, 0.6) is 0 Å². The van der Waals surface area contributed by atoms with Gasteiger partial charge >= 0.3 is 0 Å². The molecule has 0 saturated carbocycles. The van der Waals surface area contributed by atoms with E-state index >= 15 is 0 Å². The summed E-state index contributed by atoms with van der Waals surface area (Å²) >= 11 is 1.81. The van der Waals surface area contributed by atoms with E-state index in [9.17, 15) is 0 Å². The van der Waals surface area contributed by atoms with Gasteiger partial charge in [0, 0.05) is 21.0 Å². The summed E-state index contributed by atoms with van der Waals surface area (Å²) in [6, 6.07) is 9.72. The van der Waals surface area contributed by atoms with Crippen molar-refractivity contribution in [1.29, 1.82) is 0 Å². The number of rotatable bonds is 0. The summed E-state index contributed by atoms with van der Waals surface area (Å²) in [5, 5.41) is 1.29. The van der Waals surface area contributed by atoms with Crippen molar-refractivity contribution in [2.45, 2.75) is 13.8 Å². The lowest BCUT2D eigenvalue weighted by Gasteiger charge is -1.91. The van der Waals surface area contributed by atoms with E-state index in [-0.39, 0.29) is 0 Å². The van der Waals surface area contributed by atoms with Crippen molar-refractivity contribution in [3.63, 3.8) is 0 Å². The molecule has 0 bridgehead atoms. The van der Waals surface area contributed by atoms with E-state index in [0.717, 1.165) is 0 Å². The third-order valence-electron chi connectivity index (χ3n) is 1.80. The SMILES string of the molecule is Cc1[c]c2c(C)cccc2s1. The van der Waals surface area contributed by atoms with Crippen LogP contribution < -0.4 is 0 Å². The molecule has 0 atom stereocenters. The third kappa shape index (κ3) is 1.05. The van der Waals surface area contributed by atoms with Crippen LogP contribution in [-0.2, 0) is 0 Å². The van der Waals surface area contributed by atoms with Crippen LogP contribution in [0.3, 0.4) is 0 Å². The number of benzene rings is 1.